The average molecular weight is 418 g/mol. The first kappa shape index (κ1) is 20.7. The fourth-order valence-electron chi connectivity index (χ4n) is 3.80. The van der Waals surface area contributed by atoms with Gasteiger partial charge in [-0.1, -0.05) is 42.5 Å². The van der Waals surface area contributed by atoms with Crippen LogP contribution in [0.1, 0.15) is 33.6 Å². The lowest BCUT2D eigenvalue weighted by Crippen LogP contribution is -2.36. The Hall–Kier alpha value is -3.61. The van der Waals surface area contributed by atoms with Crippen molar-refractivity contribution in [1.82, 2.24) is 20.4 Å². The van der Waals surface area contributed by atoms with E-state index in [1.807, 2.05) is 59.3 Å². The van der Waals surface area contributed by atoms with Crippen LogP contribution in [0.15, 0.2) is 60.8 Å². The van der Waals surface area contributed by atoms with Gasteiger partial charge in [-0.3, -0.25) is 14.3 Å². The molecule has 2 amide bonds. The molecular formula is C24H26N4O3. The molecule has 0 saturated heterocycles. The van der Waals surface area contributed by atoms with Gasteiger partial charge in [0.1, 0.15) is 5.75 Å². The lowest BCUT2D eigenvalue weighted by atomic mass is 10.1. The van der Waals surface area contributed by atoms with E-state index in [1.54, 1.807) is 13.3 Å². The van der Waals surface area contributed by atoms with Crippen LogP contribution in [-0.2, 0) is 30.7 Å². The quantitative estimate of drug-likeness (QED) is 0.589. The summed E-state index contributed by atoms with van der Waals surface area (Å²) >= 11 is 0. The topological polar surface area (TPSA) is 85.2 Å². The van der Waals surface area contributed by atoms with Gasteiger partial charge in [0, 0.05) is 19.4 Å². The molecule has 1 aromatic heterocycles. The van der Waals surface area contributed by atoms with Gasteiger partial charge in [0.25, 0.3) is 5.91 Å². The predicted octanol–water partition coefficient (Wildman–Crippen LogP) is 2.50. The van der Waals surface area contributed by atoms with Gasteiger partial charge in [-0.2, -0.15) is 5.10 Å². The molecule has 160 valence electrons. The molecule has 0 saturated carbocycles. The maximum absolute atomic E-state index is 12.6. The standard InChI is InChI=1S/C24H26N4O3/c1-31-20-10-7-17(8-11-20)9-12-23(29)27-19-13-22-21(15-26-28(22)16-19)24(30)25-14-18-5-3-2-4-6-18/h2-8,10-11,15,19H,9,12-14,16H2,1H3,(H,25,30)(H,27,29). The van der Waals surface area contributed by atoms with E-state index in [0.29, 0.717) is 37.9 Å². The van der Waals surface area contributed by atoms with E-state index in [1.165, 1.54) is 0 Å². The van der Waals surface area contributed by atoms with Gasteiger partial charge >= 0.3 is 0 Å². The number of aryl methyl sites for hydroxylation is 1. The summed E-state index contributed by atoms with van der Waals surface area (Å²) in [4.78, 5) is 25.0. The molecule has 7 heteroatoms. The minimum atomic E-state index is -0.142. The third-order valence-electron chi connectivity index (χ3n) is 5.49. The highest BCUT2D eigenvalue weighted by Gasteiger charge is 2.28. The summed E-state index contributed by atoms with van der Waals surface area (Å²) in [6.07, 6.45) is 3.29. The monoisotopic (exact) mass is 418 g/mol. The zero-order valence-corrected chi connectivity index (χ0v) is 17.5. The SMILES string of the molecule is COc1ccc(CCC(=O)NC2Cc3c(C(=O)NCc4ccccc4)cnn3C2)cc1. The van der Waals surface area contributed by atoms with Crippen molar-refractivity contribution in [3.8, 4) is 5.75 Å². The third-order valence-corrected chi connectivity index (χ3v) is 5.49. The second-order valence-electron chi connectivity index (χ2n) is 7.67. The first-order valence-corrected chi connectivity index (χ1v) is 10.4. The number of benzene rings is 2. The molecule has 2 heterocycles. The first-order chi connectivity index (χ1) is 15.1. The second-order valence-corrected chi connectivity index (χ2v) is 7.67. The van der Waals surface area contributed by atoms with Gasteiger partial charge < -0.3 is 15.4 Å². The van der Waals surface area contributed by atoms with Crippen molar-refractivity contribution in [3.63, 3.8) is 0 Å². The van der Waals surface area contributed by atoms with E-state index < -0.39 is 0 Å². The molecule has 1 unspecified atom stereocenters. The maximum atomic E-state index is 12.6. The van der Waals surface area contributed by atoms with Crippen LogP contribution in [0.5, 0.6) is 5.75 Å². The van der Waals surface area contributed by atoms with Gasteiger partial charge in [0.2, 0.25) is 5.91 Å². The van der Waals surface area contributed by atoms with Gasteiger partial charge in [-0.15, -0.1) is 0 Å². The van der Waals surface area contributed by atoms with E-state index in [9.17, 15) is 9.59 Å². The number of methoxy groups -OCH3 is 1. The summed E-state index contributed by atoms with van der Waals surface area (Å²) in [6.45, 7) is 1.05. The van der Waals surface area contributed by atoms with E-state index in [2.05, 4.69) is 15.7 Å². The number of aromatic nitrogens is 2. The van der Waals surface area contributed by atoms with Crippen molar-refractivity contribution in [2.75, 3.05) is 7.11 Å². The normalized spacial score (nSPS) is 14.7. The van der Waals surface area contributed by atoms with E-state index in [0.717, 1.165) is 22.6 Å². The number of carbonyl (C=O) groups is 2. The van der Waals surface area contributed by atoms with Gasteiger partial charge in [0.15, 0.2) is 0 Å². The van der Waals surface area contributed by atoms with Gasteiger partial charge in [-0.25, -0.2) is 0 Å². The lowest BCUT2D eigenvalue weighted by Gasteiger charge is -2.12. The number of nitrogens with one attached hydrogen (secondary N) is 2. The van der Waals surface area contributed by atoms with Crippen LogP contribution in [0.25, 0.3) is 0 Å². The molecular weight excluding hydrogens is 392 g/mol. The van der Waals surface area contributed by atoms with Crippen LogP contribution >= 0.6 is 0 Å². The molecule has 3 aromatic rings. The number of nitrogens with zero attached hydrogens (tertiary/aromatic N) is 2. The fraction of sp³-hybridized carbons (Fsp3) is 0.292. The molecule has 0 aliphatic carbocycles. The molecule has 1 aliphatic rings. The van der Waals surface area contributed by atoms with Crippen molar-refractivity contribution in [1.29, 1.82) is 0 Å². The average Bonchev–Trinajstić information content (AvgIpc) is 3.37. The number of hydrogen-bond donors (Lipinski definition) is 2. The highest BCUT2D eigenvalue weighted by atomic mass is 16.5. The van der Waals surface area contributed by atoms with Crippen molar-refractivity contribution in [3.05, 3.63) is 83.2 Å². The van der Waals surface area contributed by atoms with Crippen molar-refractivity contribution in [2.45, 2.75) is 38.4 Å². The van der Waals surface area contributed by atoms with Crippen molar-refractivity contribution < 1.29 is 14.3 Å². The summed E-state index contributed by atoms with van der Waals surface area (Å²) in [5.74, 6) is 0.662. The Morgan fingerprint density at radius 1 is 1.10 bits per heavy atom. The molecule has 0 spiro atoms. The first-order valence-electron chi connectivity index (χ1n) is 10.4. The maximum Gasteiger partial charge on any atom is 0.255 e. The number of fused-ring (bicyclic) bond motifs is 1. The number of carbonyl (C=O) groups excluding carboxylic acids is 2. The molecule has 0 fully saturated rings. The Labute approximate surface area is 181 Å². The predicted molar refractivity (Wildman–Crippen MR) is 117 cm³/mol. The molecule has 1 aliphatic heterocycles. The Balaban J connectivity index is 1.27. The Kier molecular flexibility index (Phi) is 6.31. The molecule has 0 radical (unpaired) electrons. The highest BCUT2D eigenvalue weighted by molar-refractivity contribution is 5.95. The van der Waals surface area contributed by atoms with Crippen LogP contribution in [-0.4, -0.2) is 34.7 Å². The molecule has 1 atom stereocenters. The van der Waals surface area contributed by atoms with Gasteiger partial charge in [0.05, 0.1) is 37.2 Å². The molecule has 31 heavy (non-hydrogen) atoms. The summed E-state index contributed by atoms with van der Waals surface area (Å²) in [5.41, 5.74) is 3.58. The number of rotatable bonds is 8. The third kappa shape index (κ3) is 5.12. The van der Waals surface area contributed by atoms with Crippen LogP contribution < -0.4 is 15.4 Å². The summed E-state index contributed by atoms with van der Waals surface area (Å²) < 4.78 is 6.97. The smallest absolute Gasteiger partial charge is 0.255 e. The van der Waals surface area contributed by atoms with Crippen molar-refractivity contribution in [2.24, 2.45) is 0 Å². The molecule has 0 bridgehead atoms. The van der Waals surface area contributed by atoms with E-state index in [4.69, 9.17) is 4.74 Å². The lowest BCUT2D eigenvalue weighted by molar-refractivity contribution is -0.121. The van der Waals surface area contributed by atoms with Crippen LogP contribution in [0.3, 0.4) is 0 Å². The molecule has 4 rings (SSSR count). The minimum absolute atomic E-state index is 0.00153. The number of hydrogen-bond acceptors (Lipinski definition) is 4. The number of amides is 2. The highest BCUT2D eigenvalue weighted by Crippen LogP contribution is 2.19. The molecule has 7 nitrogen and oxygen atoms in total. The zero-order chi connectivity index (χ0) is 21.6. The summed E-state index contributed by atoms with van der Waals surface area (Å²) in [5, 5.41) is 10.4. The Morgan fingerprint density at radius 3 is 2.61 bits per heavy atom. The largest absolute Gasteiger partial charge is 0.497 e. The zero-order valence-electron chi connectivity index (χ0n) is 17.5. The van der Waals surface area contributed by atoms with Crippen LogP contribution in [0.2, 0.25) is 0 Å². The van der Waals surface area contributed by atoms with Crippen LogP contribution in [0, 0.1) is 0 Å². The summed E-state index contributed by atoms with van der Waals surface area (Å²) in [7, 11) is 1.63. The van der Waals surface area contributed by atoms with E-state index >= 15 is 0 Å². The Bertz CT molecular complexity index is 1040. The van der Waals surface area contributed by atoms with Crippen molar-refractivity contribution >= 4 is 11.8 Å². The van der Waals surface area contributed by atoms with Crippen LogP contribution in [0.4, 0.5) is 0 Å². The molecule has 2 N–H and O–H groups in total. The Morgan fingerprint density at radius 2 is 1.87 bits per heavy atom. The number of ether oxygens (including phenoxy) is 1. The summed E-state index contributed by atoms with van der Waals surface area (Å²) in [6, 6.07) is 17.5. The van der Waals surface area contributed by atoms with E-state index in [-0.39, 0.29) is 17.9 Å². The fourth-order valence-corrected chi connectivity index (χ4v) is 3.80. The second kappa shape index (κ2) is 9.47. The molecule has 2 aromatic carbocycles. The minimum Gasteiger partial charge on any atom is -0.497 e. The van der Waals surface area contributed by atoms with Gasteiger partial charge in [-0.05, 0) is 29.7 Å².